The topological polar surface area (TPSA) is 0 Å². The van der Waals surface area contributed by atoms with E-state index in [9.17, 15) is 0 Å². The molecule has 0 atom stereocenters. The number of hydrogen-bond donors (Lipinski definition) is 0. The van der Waals surface area contributed by atoms with Gasteiger partial charge in [-0.2, -0.15) is 0 Å². The summed E-state index contributed by atoms with van der Waals surface area (Å²) >= 11 is 21.8. The fourth-order valence-corrected chi connectivity index (χ4v) is 6.11. The Kier molecular flexibility index (Phi) is 2.85. The van der Waals surface area contributed by atoms with E-state index in [0.717, 1.165) is 26.8 Å². The van der Waals surface area contributed by atoms with Crippen LogP contribution in [0.5, 0.6) is 0 Å². The van der Waals surface area contributed by atoms with Crippen molar-refractivity contribution in [1.82, 2.24) is 0 Å². The molecule has 0 amide bonds. The van der Waals surface area contributed by atoms with E-state index in [1.165, 1.54) is 32.3 Å². The highest BCUT2D eigenvalue weighted by atomic mass is 79.9. The summed E-state index contributed by atoms with van der Waals surface area (Å²) in [6.07, 6.45) is 0. The van der Waals surface area contributed by atoms with Gasteiger partial charge >= 0.3 is 0 Å². The highest BCUT2D eigenvalue weighted by molar-refractivity contribution is 9.14. The molecule has 0 saturated heterocycles. The second-order valence-corrected chi connectivity index (χ2v) is 8.89. The second-order valence-electron chi connectivity index (χ2n) is 4.13. The van der Waals surface area contributed by atoms with Gasteiger partial charge in [-0.1, -0.05) is 0 Å². The zero-order valence-electron chi connectivity index (χ0n) is 8.27. The van der Waals surface area contributed by atoms with E-state index in [4.69, 9.17) is 0 Å². The number of hydrogen-bond acceptors (Lipinski definition) is 0. The van der Waals surface area contributed by atoms with E-state index in [1.54, 1.807) is 0 Å². The second kappa shape index (κ2) is 3.95. The fraction of sp³-hybridized carbons (Fsp3) is 0. The molecule has 0 nitrogen and oxygen atoms in total. The van der Waals surface area contributed by atoms with E-state index in [0.29, 0.717) is 0 Å². The zero-order chi connectivity index (χ0) is 12.9. The van der Waals surface area contributed by atoms with Gasteiger partial charge in [-0.05, 0) is 95.6 Å². The molecule has 0 fully saturated rings. The van der Waals surface area contributed by atoms with Crippen LogP contribution in [0.4, 0.5) is 0 Å². The summed E-state index contributed by atoms with van der Waals surface area (Å²) in [6.45, 7) is 0. The summed E-state index contributed by atoms with van der Waals surface area (Å²) in [4.78, 5) is 0. The molecule has 90 valence electrons. The molecular formula is C12Br6. The van der Waals surface area contributed by atoms with Crippen molar-refractivity contribution in [2.24, 2.45) is 0 Å². The van der Waals surface area contributed by atoms with Crippen LogP contribution >= 0.6 is 95.6 Å². The maximum Gasteiger partial charge on any atom is 0.0409 e. The largest absolute Gasteiger partial charge is 0.0489 e. The molecule has 0 aliphatic carbocycles. The molecule has 0 heterocycles. The first-order valence-electron chi connectivity index (χ1n) is 4.88. The highest BCUT2D eigenvalue weighted by Gasteiger charge is 2.31. The molecule has 0 aliphatic rings. The number of rotatable bonds is 0. The van der Waals surface area contributed by atoms with Crippen LogP contribution in [0, 0.1) is 0 Å². The van der Waals surface area contributed by atoms with Crippen molar-refractivity contribution < 1.29 is 0 Å². The Balaban J connectivity index is 2.38. The summed E-state index contributed by atoms with van der Waals surface area (Å²) in [7, 11) is 0. The smallest absolute Gasteiger partial charge is 0.0409 e. The van der Waals surface area contributed by atoms with E-state index in [2.05, 4.69) is 95.6 Å². The molecule has 0 N–H and O–H groups in total. The zero-order valence-corrected chi connectivity index (χ0v) is 17.8. The van der Waals surface area contributed by atoms with Crippen molar-refractivity contribution in [2.75, 3.05) is 0 Å². The van der Waals surface area contributed by atoms with Gasteiger partial charge in [0.1, 0.15) is 0 Å². The molecule has 6 heteroatoms. The molecule has 0 aromatic heterocycles. The van der Waals surface area contributed by atoms with Gasteiger partial charge in [0, 0.05) is 59.2 Å². The molecule has 0 bridgehead atoms. The average Bonchev–Trinajstić information content (AvgIpc) is 2.41. The minimum absolute atomic E-state index is 1.15. The van der Waals surface area contributed by atoms with Crippen molar-refractivity contribution in [1.29, 1.82) is 0 Å². The standard InChI is InChI=1S/C12Br6/c13-7-1-2(8(7)14)4-6(12(18)11(4)17)5-3(1)9(15)10(5)16. The van der Waals surface area contributed by atoms with Crippen LogP contribution < -0.4 is 0 Å². The van der Waals surface area contributed by atoms with Crippen molar-refractivity contribution in [3.8, 4) is 0 Å². The Bertz CT molecular complexity index is 699. The van der Waals surface area contributed by atoms with E-state index in [1.807, 2.05) is 0 Å². The lowest BCUT2D eigenvalue weighted by Gasteiger charge is -2.26. The van der Waals surface area contributed by atoms with E-state index in [-0.39, 0.29) is 0 Å². The van der Waals surface area contributed by atoms with Crippen LogP contribution in [0.2, 0.25) is 0 Å². The third kappa shape index (κ3) is 1.23. The van der Waals surface area contributed by atoms with Crippen molar-refractivity contribution in [2.45, 2.75) is 0 Å². The van der Waals surface area contributed by atoms with Crippen LogP contribution in [-0.4, -0.2) is 0 Å². The summed E-state index contributed by atoms with van der Waals surface area (Å²) in [5.41, 5.74) is 0. The van der Waals surface area contributed by atoms with Crippen LogP contribution in [0.1, 0.15) is 0 Å². The maximum atomic E-state index is 3.64. The van der Waals surface area contributed by atoms with Crippen molar-refractivity contribution >= 4 is 128 Å². The lowest BCUT2D eigenvalue weighted by molar-refractivity contribution is 1.62. The van der Waals surface area contributed by atoms with Gasteiger partial charge in [-0.15, -0.1) is 0 Å². The first-order chi connectivity index (χ1) is 8.46. The highest BCUT2D eigenvalue weighted by Crippen LogP contribution is 2.60. The van der Waals surface area contributed by atoms with Gasteiger partial charge in [0.25, 0.3) is 0 Å². The van der Waals surface area contributed by atoms with Crippen molar-refractivity contribution in [3.63, 3.8) is 0 Å². The summed E-state index contributed by atoms with van der Waals surface area (Å²) in [6, 6.07) is 0. The molecule has 0 aliphatic heterocycles. The Morgan fingerprint density at radius 3 is 0.500 bits per heavy atom. The van der Waals surface area contributed by atoms with Gasteiger partial charge in [0.05, 0.1) is 0 Å². The van der Waals surface area contributed by atoms with E-state index >= 15 is 0 Å². The predicted molar refractivity (Wildman–Crippen MR) is 98.7 cm³/mol. The molecule has 0 radical (unpaired) electrons. The van der Waals surface area contributed by atoms with Gasteiger partial charge in [-0.3, -0.25) is 0 Å². The molecule has 0 unspecified atom stereocenters. The molecule has 18 heavy (non-hydrogen) atoms. The van der Waals surface area contributed by atoms with E-state index < -0.39 is 0 Å². The molecule has 0 spiro atoms. The predicted octanol–water partition coefficient (Wildman–Crippen LogP) is 8.03. The number of benzene rings is 1. The van der Waals surface area contributed by atoms with Crippen molar-refractivity contribution in [3.05, 3.63) is 26.8 Å². The number of halogens is 6. The SMILES string of the molecule is Brc1c(Br)c2c1c1c(Br)c(Br)c1c1c(Br)c(Br)c21. The first kappa shape index (κ1) is 13.0. The average molecular weight is 624 g/mol. The summed E-state index contributed by atoms with van der Waals surface area (Å²) < 4.78 is 6.90. The normalized spacial score (nSPS) is 13.0. The quantitative estimate of drug-likeness (QED) is 0.186. The Hall–Kier alpha value is 1.32. The van der Waals surface area contributed by atoms with Gasteiger partial charge in [-0.25, -0.2) is 0 Å². The monoisotopic (exact) mass is 618 g/mol. The van der Waals surface area contributed by atoms with Gasteiger partial charge < -0.3 is 0 Å². The lowest BCUT2D eigenvalue weighted by Crippen LogP contribution is -1.99. The van der Waals surface area contributed by atoms with Crippen LogP contribution in [0.25, 0.3) is 32.3 Å². The molecule has 0 saturated carbocycles. The van der Waals surface area contributed by atoms with Crippen LogP contribution in [-0.2, 0) is 0 Å². The van der Waals surface area contributed by atoms with Gasteiger partial charge in [0.15, 0.2) is 0 Å². The summed E-state index contributed by atoms with van der Waals surface area (Å²) in [5.74, 6) is 0. The minimum Gasteiger partial charge on any atom is -0.0489 e. The molecule has 4 rings (SSSR count). The lowest BCUT2D eigenvalue weighted by atomic mass is 9.87. The molecular weight excluding hydrogens is 624 g/mol. The van der Waals surface area contributed by atoms with Crippen LogP contribution in [0.15, 0.2) is 26.8 Å². The van der Waals surface area contributed by atoms with Crippen LogP contribution in [0.3, 0.4) is 0 Å². The fourth-order valence-electron chi connectivity index (χ4n) is 2.54. The molecule has 4 aromatic rings. The molecule has 4 aromatic carbocycles. The third-order valence-corrected chi connectivity index (χ3v) is 9.75. The van der Waals surface area contributed by atoms with Gasteiger partial charge in [0.2, 0.25) is 0 Å². The summed E-state index contributed by atoms with van der Waals surface area (Å²) in [5, 5.41) is 7.76. The Morgan fingerprint density at radius 2 is 0.389 bits per heavy atom. The minimum atomic E-state index is 1.15. The Morgan fingerprint density at radius 1 is 0.278 bits per heavy atom. The number of fused-ring (bicyclic) bond motifs is 6. The maximum absolute atomic E-state index is 3.64. The first-order valence-corrected chi connectivity index (χ1v) is 9.64. The third-order valence-electron chi connectivity index (χ3n) is 3.40. The Labute approximate surface area is 153 Å².